The van der Waals surface area contributed by atoms with Crippen molar-refractivity contribution in [3.63, 3.8) is 0 Å². The Morgan fingerprint density at radius 3 is 2.55 bits per heavy atom. The fraction of sp³-hybridized carbons (Fsp3) is 0.647. The van der Waals surface area contributed by atoms with Gasteiger partial charge in [-0.05, 0) is 32.4 Å². The van der Waals surface area contributed by atoms with Crippen LogP contribution in [0.3, 0.4) is 0 Å². The van der Waals surface area contributed by atoms with E-state index in [0.717, 1.165) is 12.4 Å². The largest absolute Gasteiger partial charge is 0.494 e. The number of likely N-dealkylation sites (N-methyl/N-ethyl adjacent to an activating group) is 1. The van der Waals surface area contributed by atoms with Crippen LogP contribution >= 0.6 is 0 Å². The van der Waals surface area contributed by atoms with E-state index in [9.17, 15) is 0 Å². The van der Waals surface area contributed by atoms with Gasteiger partial charge in [0.15, 0.2) is 0 Å². The summed E-state index contributed by atoms with van der Waals surface area (Å²) in [7, 11) is 1.96. The van der Waals surface area contributed by atoms with E-state index in [2.05, 4.69) is 25.2 Å². The Morgan fingerprint density at radius 1 is 1.15 bits per heavy atom. The summed E-state index contributed by atoms with van der Waals surface area (Å²) in [6.45, 7) is 8.64. The van der Waals surface area contributed by atoms with Gasteiger partial charge in [-0.1, -0.05) is 38.5 Å². The highest BCUT2D eigenvalue weighted by molar-refractivity contribution is 5.36. The summed E-state index contributed by atoms with van der Waals surface area (Å²) in [5, 5.41) is 3.32. The zero-order chi connectivity index (χ0) is 14.8. The first-order chi connectivity index (χ1) is 9.72. The summed E-state index contributed by atoms with van der Waals surface area (Å²) in [5.41, 5.74) is 1.17. The van der Waals surface area contributed by atoms with Gasteiger partial charge in [-0.15, -0.1) is 0 Å². The van der Waals surface area contributed by atoms with Crippen molar-refractivity contribution in [2.24, 2.45) is 5.92 Å². The summed E-state index contributed by atoms with van der Waals surface area (Å²) in [5.74, 6) is 1.57. The maximum absolute atomic E-state index is 5.87. The van der Waals surface area contributed by atoms with Crippen LogP contribution in [0.5, 0.6) is 5.75 Å². The molecule has 0 heterocycles. The second-order valence-corrected chi connectivity index (χ2v) is 5.24. The lowest BCUT2D eigenvalue weighted by Crippen LogP contribution is -2.23. The minimum absolute atomic E-state index is 0.173. The van der Waals surface area contributed by atoms with E-state index in [0.29, 0.717) is 19.1 Å². The van der Waals surface area contributed by atoms with Gasteiger partial charge < -0.3 is 14.8 Å². The molecule has 2 atom stereocenters. The molecule has 0 bridgehead atoms. The average Bonchev–Trinajstić information content (AvgIpc) is 2.45. The number of benzene rings is 1. The molecule has 2 unspecified atom stereocenters. The van der Waals surface area contributed by atoms with E-state index in [1.807, 2.05) is 32.2 Å². The van der Waals surface area contributed by atoms with Crippen molar-refractivity contribution < 1.29 is 9.47 Å². The molecule has 3 heteroatoms. The van der Waals surface area contributed by atoms with Crippen LogP contribution in [0.25, 0.3) is 0 Å². The molecule has 1 aromatic rings. The molecule has 1 aromatic carbocycles. The first kappa shape index (κ1) is 17.0. The monoisotopic (exact) mass is 279 g/mol. The highest BCUT2D eigenvalue weighted by Crippen LogP contribution is 2.25. The van der Waals surface area contributed by atoms with Crippen molar-refractivity contribution in [3.05, 3.63) is 29.8 Å². The molecule has 0 spiro atoms. The molecule has 114 valence electrons. The van der Waals surface area contributed by atoms with Crippen LogP contribution < -0.4 is 10.1 Å². The van der Waals surface area contributed by atoms with Crippen molar-refractivity contribution in [2.45, 2.75) is 39.7 Å². The Hall–Kier alpha value is -1.06. The topological polar surface area (TPSA) is 30.5 Å². The molecule has 1 N–H and O–H groups in total. The predicted octanol–water partition coefficient (Wildman–Crippen LogP) is 3.80. The molecule has 0 aliphatic rings. The summed E-state index contributed by atoms with van der Waals surface area (Å²) >= 11 is 0. The molecular weight excluding hydrogens is 250 g/mol. The first-order valence-corrected chi connectivity index (χ1v) is 7.69. The number of rotatable bonds is 10. The molecule has 1 rings (SSSR count). The molecule has 0 saturated heterocycles. The Kier molecular flexibility index (Phi) is 8.31. The summed E-state index contributed by atoms with van der Waals surface area (Å²) < 4.78 is 11.6. The van der Waals surface area contributed by atoms with Crippen molar-refractivity contribution in [1.82, 2.24) is 5.32 Å². The number of nitrogens with one attached hydrogen (secondary N) is 1. The Labute approximate surface area is 123 Å². The van der Waals surface area contributed by atoms with Crippen molar-refractivity contribution in [2.75, 3.05) is 26.9 Å². The van der Waals surface area contributed by atoms with Crippen molar-refractivity contribution in [1.29, 1.82) is 0 Å². The summed E-state index contributed by atoms with van der Waals surface area (Å²) in [4.78, 5) is 0. The lowest BCUT2D eigenvalue weighted by molar-refractivity contribution is 0.0842. The molecule has 0 aromatic heterocycles. The average molecular weight is 279 g/mol. The first-order valence-electron chi connectivity index (χ1n) is 7.69. The molecule has 0 amide bonds. The van der Waals surface area contributed by atoms with E-state index in [1.165, 1.54) is 18.4 Å². The zero-order valence-electron chi connectivity index (χ0n) is 13.3. The van der Waals surface area contributed by atoms with Crippen LogP contribution in [0.1, 0.15) is 45.2 Å². The molecule has 20 heavy (non-hydrogen) atoms. The Bertz CT molecular complexity index is 368. The number of para-hydroxylation sites is 1. The van der Waals surface area contributed by atoms with Gasteiger partial charge in [0.25, 0.3) is 0 Å². The van der Waals surface area contributed by atoms with Crippen LogP contribution in [0.15, 0.2) is 24.3 Å². The van der Waals surface area contributed by atoms with Gasteiger partial charge >= 0.3 is 0 Å². The van der Waals surface area contributed by atoms with E-state index in [1.54, 1.807) is 0 Å². The van der Waals surface area contributed by atoms with Gasteiger partial charge in [-0.25, -0.2) is 0 Å². The van der Waals surface area contributed by atoms with Gasteiger partial charge in [0.05, 0.1) is 19.3 Å². The third-order valence-electron chi connectivity index (χ3n) is 3.41. The maximum atomic E-state index is 5.87. The fourth-order valence-corrected chi connectivity index (χ4v) is 2.35. The second kappa shape index (κ2) is 9.78. The molecule has 0 saturated carbocycles. The van der Waals surface area contributed by atoms with Gasteiger partial charge in [0.2, 0.25) is 0 Å². The Morgan fingerprint density at radius 2 is 1.90 bits per heavy atom. The van der Waals surface area contributed by atoms with Crippen LogP contribution in [0.4, 0.5) is 0 Å². The highest BCUT2D eigenvalue weighted by atomic mass is 16.5. The number of hydrogen-bond acceptors (Lipinski definition) is 3. The van der Waals surface area contributed by atoms with E-state index >= 15 is 0 Å². The van der Waals surface area contributed by atoms with Gasteiger partial charge in [-0.2, -0.15) is 0 Å². The van der Waals surface area contributed by atoms with Crippen LogP contribution in [0, 0.1) is 5.92 Å². The standard InChI is InChI=1S/C17H29NO2/c1-5-9-14(3)12-19-13-16(18-4)15-10-7-8-11-17(15)20-6-2/h7-8,10-11,14,16,18H,5-6,9,12-13H2,1-4H3. The van der Waals surface area contributed by atoms with E-state index < -0.39 is 0 Å². The summed E-state index contributed by atoms with van der Waals surface area (Å²) in [6, 6.07) is 8.34. The fourth-order valence-electron chi connectivity index (χ4n) is 2.35. The lowest BCUT2D eigenvalue weighted by Gasteiger charge is -2.21. The SMILES string of the molecule is CCCC(C)COCC(NC)c1ccccc1OCC. The zero-order valence-corrected chi connectivity index (χ0v) is 13.3. The van der Waals surface area contributed by atoms with E-state index in [-0.39, 0.29) is 6.04 Å². The quantitative estimate of drug-likeness (QED) is 0.706. The molecule has 0 aliphatic carbocycles. The van der Waals surface area contributed by atoms with Gasteiger partial charge in [-0.3, -0.25) is 0 Å². The minimum atomic E-state index is 0.173. The van der Waals surface area contributed by atoms with Crippen LogP contribution in [-0.2, 0) is 4.74 Å². The molecule has 3 nitrogen and oxygen atoms in total. The maximum Gasteiger partial charge on any atom is 0.124 e. The van der Waals surface area contributed by atoms with Gasteiger partial charge in [0.1, 0.15) is 5.75 Å². The van der Waals surface area contributed by atoms with Crippen molar-refractivity contribution in [3.8, 4) is 5.75 Å². The van der Waals surface area contributed by atoms with Gasteiger partial charge in [0, 0.05) is 12.2 Å². The normalized spacial score (nSPS) is 14.0. The minimum Gasteiger partial charge on any atom is -0.494 e. The van der Waals surface area contributed by atoms with Crippen LogP contribution in [-0.4, -0.2) is 26.9 Å². The third-order valence-corrected chi connectivity index (χ3v) is 3.41. The molecular formula is C17H29NO2. The summed E-state index contributed by atoms with van der Waals surface area (Å²) in [6.07, 6.45) is 2.44. The second-order valence-electron chi connectivity index (χ2n) is 5.24. The predicted molar refractivity (Wildman–Crippen MR) is 84.3 cm³/mol. The Balaban J connectivity index is 2.57. The highest BCUT2D eigenvalue weighted by Gasteiger charge is 2.14. The molecule has 0 radical (unpaired) electrons. The van der Waals surface area contributed by atoms with E-state index in [4.69, 9.17) is 9.47 Å². The lowest BCUT2D eigenvalue weighted by atomic mass is 10.1. The third kappa shape index (κ3) is 5.51. The van der Waals surface area contributed by atoms with Crippen LogP contribution in [0.2, 0.25) is 0 Å². The number of hydrogen-bond donors (Lipinski definition) is 1. The smallest absolute Gasteiger partial charge is 0.124 e. The van der Waals surface area contributed by atoms with Crippen molar-refractivity contribution >= 4 is 0 Å². The molecule has 0 aliphatic heterocycles. The number of ether oxygens (including phenoxy) is 2. The molecule has 0 fully saturated rings.